The van der Waals surface area contributed by atoms with E-state index in [1.807, 2.05) is 109 Å². The minimum Gasteiger partial charge on any atom is -0.486 e. The number of thiazole rings is 1. The third-order valence-corrected chi connectivity index (χ3v) is 7.19. The molecule has 0 aliphatic carbocycles. The van der Waals surface area contributed by atoms with E-state index in [1.165, 1.54) is 11.3 Å². The van der Waals surface area contributed by atoms with E-state index in [9.17, 15) is 5.11 Å². The van der Waals surface area contributed by atoms with Gasteiger partial charge in [0.15, 0.2) is 6.10 Å². The molecule has 2 heterocycles. The van der Waals surface area contributed by atoms with Crippen LogP contribution in [0.1, 0.15) is 6.42 Å². The Morgan fingerprint density at radius 1 is 0.730 bits per heavy atom. The van der Waals surface area contributed by atoms with E-state index in [2.05, 4.69) is 9.88 Å². The Bertz CT molecular complexity index is 1450. The third-order valence-electron chi connectivity index (χ3n) is 6.35. The Balaban J connectivity index is 1.40. The number of nitrogens with zero attached hydrogens (tertiary/aromatic N) is 2. The van der Waals surface area contributed by atoms with E-state index in [-0.39, 0.29) is 11.3 Å². The highest BCUT2D eigenvalue weighted by atomic mass is 32.1. The predicted molar refractivity (Wildman–Crippen MR) is 146 cm³/mol. The summed E-state index contributed by atoms with van der Waals surface area (Å²) >= 11 is 1.26. The second-order valence-corrected chi connectivity index (χ2v) is 9.83. The van der Waals surface area contributed by atoms with Gasteiger partial charge in [0.1, 0.15) is 23.4 Å². The standard InChI is InChI=1S/C30H26N2O4S/c33-30-31-25-20-21(16-17-27(25)37-30)32-19-18-26(34-22-10-4-1-5-11-22)28(35-23-12-6-2-7-13-23)29(32)36-24-14-8-3-9-15-24/h1-17,20,26,28-29H,18-19H2,(H,31,33). The lowest BCUT2D eigenvalue weighted by atomic mass is 10.0. The Labute approximate surface area is 219 Å². The average molecular weight is 511 g/mol. The van der Waals surface area contributed by atoms with Crippen LogP contribution in [-0.4, -0.2) is 35.1 Å². The zero-order valence-electron chi connectivity index (χ0n) is 20.0. The monoisotopic (exact) mass is 510 g/mol. The van der Waals surface area contributed by atoms with Crippen LogP contribution < -0.4 is 19.1 Å². The van der Waals surface area contributed by atoms with Crippen LogP contribution in [0.15, 0.2) is 109 Å². The van der Waals surface area contributed by atoms with Crippen molar-refractivity contribution in [1.29, 1.82) is 0 Å². The van der Waals surface area contributed by atoms with Crippen molar-refractivity contribution >= 4 is 27.2 Å². The molecule has 1 aromatic heterocycles. The number of hydrogen-bond donors (Lipinski definition) is 1. The molecule has 1 aliphatic rings. The van der Waals surface area contributed by atoms with Gasteiger partial charge < -0.3 is 24.2 Å². The van der Waals surface area contributed by atoms with Crippen LogP contribution in [0.2, 0.25) is 0 Å². The first kappa shape index (κ1) is 23.2. The van der Waals surface area contributed by atoms with Crippen LogP contribution in [0.25, 0.3) is 10.2 Å². The summed E-state index contributed by atoms with van der Waals surface area (Å²) in [6.07, 6.45) is -0.466. The SMILES string of the molecule is Oc1nc2cc(N3CCC(Oc4ccccc4)C(Oc4ccccc4)C3Oc3ccccc3)ccc2s1. The fourth-order valence-corrected chi connectivity index (χ4v) is 5.32. The largest absolute Gasteiger partial charge is 0.486 e. The minimum atomic E-state index is -0.491. The van der Waals surface area contributed by atoms with Gasteiger partial charge in [-0.3, -0.25) is 0 Å². The normalized spacial score (nSPS) is 19.5. The van der Waals surface area contributed by atoms with E-state index >= 15 is 0 Å². The van der Waals surface area contributed by atoms with Gasteiger partial charge in [0.2, 0.25) is 6.23 Å². The quantitative estimate of drug-likeness (QED) is 0.269. The summed E-state index contributed by atoms with van der Waals surface area (Å²) in [4.78, 5) is 6.48. The number of aromatic hydroxyl groups is 1. The lowest BCUT2D eigenvalue weighted by Crippen LogP contribution is -2.61. The van der Waals surface area contributed by atoms with Crippen molar-refractivity contribution < 1.29 is 19.3 Å². The number of para-hydroxylation sites is 3. The topological polar surface area (TPSA) is 64.1 Å². The van der Waals surface area contributed by atoms with Crippen molar-refractivity contribution in [2.75, 3.05) is 11.4 Å². The molecule has 6 rings (SSSR count). The van der Waals surface area contributed by atoms with Gasteiger partial charge in [0.25, 0.3) is 5.19 Å². The van der Waals surface area contributed by atoms with Crippen molar-refractivity contribution in [1.82, 2.24) is 4.98 Å². The molecule has 5 aromatic rings. The number of rotatable bonds is 7. The number of fused-ring (bicyclic) bond motifs is 1. The smallest absolute Gasteiger partial charge is 0.271 e. The van der Waals surface area contributed by atoms with Crippen LogP contribution in [0, 0.1) is 0 Å². The van der Waals surface area contributed by atoms with Crippen molar-refractivity contribution in [2.45, 2.75) is 24.9 Å². The Morgan fingerprint density at radius 3 is 1.97 bits per heavy atom. The molecule has 0 saturated carbocycles. The maximum atomic E-state index is 9.92. The summed E-state index contributed by atoms with van der Waals surface area (Å²) in [5, 5.41) is 9.98. The van der Waals surface area contributed by atoms with Gasteiger partial charge in [-0.15, -0.1) is 0 Å². The van der Waals surface area contributed by atoms with E-state index in [0.717, 1.165) is 39.6 Å². The number of piperidine rings is 1. The molecule has 37 heavy (non-hydrogen) atoms. The van der Waals surface area contributed by atoms with Crippen molar-refractivity contribution in [3.63, 3.8) is 0 Å². The average Bonchev–Trinajstić information content (AvgIpc) is 3.31. The molecular formula is C30H26N2O4S. The number of benzene rings is 4. The lowest BCUT2D eigenvalue weighted by molar-refractivity contribution is -0.0429. The Morgan fingerprint density at radius 2 is 1.32 bits per heavy atom. The summed E-state index contributed by atoms with van der Waals surface area (Å²) in [6.45, 7) is 0.686. The molecule has 1 aliphatic heterocycles. The number of hydrogen-bond acceptors (Lipinski definition) is 7. The summed E-state index contributed by atoms with van der Waals surface area (Å²) < 4.78 is 20.7. The second-order valence-electron chi connectivity index (χ2n) is 8.82. The molecule has 3 unspecified atom stereocenters. The first-order valence-electron chi connectivity index (χ1n) is 12.2. The molecule has 0 spiro atoms. The Hall–Kier alpha value is -4.23. The number of ether oxygens (including phenoxy) is 3. The molecule has 0 radical (unpaired) electrons. The Kier molecular flexibility index (Phi) is 6.52. The number of anilines is 1. The van der Waals surface area contributed by atoms with Gasteiger partial charge in [-0.25, -0.2) is 4.98 Å². The lowest BCUT2D eigenvalue weighted by Gasteiger charge is -2.45. The highest BCUT2D eigenvalue weighted by molar-refractivity contribution is 7.20. The molecule has 0 amide bonds. The van der Waals surface area contributed by atoms with Crippen LogP contribution in [-0.2, 0) is 0 Å². The molecule has 1 saturated heterocycles. The van der Waals surface area contributed by atoms with E-state index < -0.39 is 12.3 Å². The molecule has 1 N–H and O–H groups in total. The summed E-state index contributed by atoms with van der Waals surface area (Å²) in [5.74, 6) is 2.28. The molecule has 186 valence electrons. The third kappa shape index (κ3) is 5.17. The molecule has 3 atom stereocenters. The van der Waals surface area contributed by atoms with Crippen LogP contribution in [0.5, 0.6) is 22.4 Å². The van der Waals surface area contributed by atoms with Crippen LogP contribution in [0.4, 0.5) is 5.69 Å². The molecule has 6 nitrogen and oxygen atoms in total. The van der Waals surface area contributed by atoms with E-state index in [0.29, 0.717) is 6.54 Å². The van der Waals surface area contributed by atoms with Crippen LogP contribution >= 0.6 is 11.3 Å². The van der Waals surface area contributed by atoms with Crippen molar-refractivity contribution in [3.05, 3.63) is 109 Å². The predicted octanol–water partition coefficient (Wildman–Crippen LogP) is 6.51. The summed E-state index contributed by atoms with van der Waals surface area (Å²) in [7, 11) is 0. The van der Waals surface area contributed by atoms with Gasteiger partial charge >= 0.3 is 0 Å². The molecular weight excluding hydrogens is 484 g/mol. The fourth-order valence-electron chi connectivity index (χ4n) is 4.64. The zero-order chi connectivity index (χ0) is 25.0. The summed E-state index contributed by atoms with van der Waals surface area (Å²) in [6, 6.07) is 35.4. The van der Waals surface area contributed by atoms with Gasteiger partial charge in [0.05, 0.1) is 10.2 Å². The van der Waals surface area contributed by atoms with Gasteiger partial charge in [-0.2, -0.15) is 0 Å². The van der Waals surface area contributed by atoms with Gasteiger partial charge in [-0.05, 0) is 54.6 Å². The zero-order valence-corrected chi connectivity index (χ0v) is 20.8. The van der Waals surface area contributed by atoms with Crippen molar-refractivity contribution in [2.24, 2.45) is 0 Å². The van der Waals surface area contributed by atoms with E-state index in [1.54, 1.807) is 0 Å². The minimum absolute atomic E-state index is 0.0597. The van der Waals surface area contributed by atoms with Gasteiger partial charge in [-0.1, -0.05) is 65.9 Å². The van der Waals surface area contributed by atoms with Crippen LogP contribution in [0.3, 0.4) is 0 Å². The maximum absolute atomic E-state index is 9.92. The molecule has 4 aromatic carbocycles. The first-order valence-corrected chi connectivity index (χ1v) is 13.1. The summed E-state index contributed by atoms with van der Waals surface area (Å²) in [5.41, 5.74) is 1.69. The molecule has 1 fully saturated rings. The highest BCUT2D eigenvalue weighted by Gasteiger charge is 2.43. The van der Waals surface area contributed by atoms with Crippen molar-refractivity contribution in [3.8, 4) is 22.4 Å². The molecule has 0 bridgehead atoms. The maximum Gasteiger partial charge on any atom is 0.271 e. The molecule has 7 heteroatoms. The first-order chi connectivity index (χ1) is 18.2. The highest BCUT2D eigenvalue weighted by Crippen LogP contribution is 2.35. The van der Waals surface area contributed by atoms with E-state index in [4.69, 9.17) is 14.2 Å². The fraction of sp³-hybridized carbons (Fsp3) is 0.167. The number of aromatic nitrogens is 1. The van der Waals surface area contributed by atoms with Gasteiger partial charge in [0, 0.05) is 18.7 Å². The second kappa shape index (κ2) is 10.4.